The van der Waals surface area contributed by atoms with Crippen molar-refractivity contribution in [2.75, 3.05) is 13.1 Å². The third-order valence-electron chi connectivity index (χ3n) is 6.10. The fourth-order valence-corrected chi connectivity index (χ4v) is 4.66. The van der Waals surface area contributed by atoms with Gasteiger partial charge >= 0.3 is 0 Å². The number of nitrogens with two attached hydrogens (primary N) is 1. The minimum Gasteiger partial charge on any atom is -0.338 e. The van der Waals surface area contributed by atoms with E-state index in [-0.39, 0.29) is 11.9 Å². The van der Waals surface area contributed by atoms with E-state index in [2.05, 4.69) is 4.98 Å². The van der Waals surface area contributed by atoms with Gasteiger partial charge in [0, 0.05) is 42.5 Å². The maximum atomic E-state index is 13.4. The van der Waals surface area contributed by atoms with Crippen molar-refractivity contribution >= 4 is 16.8 Å². The summed E-state index contributed by atoms with van der Waals surface area (Å²) in [5.41, 5.74) is 9.50. The second-order valence-electron chi connectivity index (χ2n) is 7.69. The fraction of sp³-hybridized carbons (Fsp3) is 0.318. The zero-order chi connectivity index (χ0) is 18.4. The monoisotopic (exact) mass is 358 g/mol. The number of nitrogens with zero attached hydrogens (tertiary/aromatic N) is 3. The van der Waals surface area contributed by atoms with E-state index in [4.69, 9.17) is 10.7 Å². The van der Waals surface area contributed by atoms with Crippen LogP contribution >= 0.6 is 0 Å². The van der Waals surface area contributed by atoms with E-state index in [1.807, 2.05) is 47.4 Å². The first kappa shape index (κ1) is 16.4. The summed E-state index contributed by atoms with van der Waals surface area (Å²) in [6.07, 6.45) is 5.74. The zero-order valence-corrected chi connectivity index (χ0v) is 15.1. The molecule has 27 heavy (non-hydrogen) atoms. The number of pyridine rings is 2. The van der Waals surface area contributed by atoms with E-state index in [1.165, 1.54) is 0 Å². The minimum absolute atomic E-state index is 0.0836. The van der Waals surface area contributed by atoms with Crippen LogP contribution in [0.5, 0.6) is 0 Å². The van der Waals surface area contributed by atoms with Crippen molar-refractivity contribution in [2.45, 2.75) is 18.9 Å². The molecule has 1 saturated heterocycles. The average molecular weight is 358 g/mol. The number of aromatic nitrogens is 2. The summed E-state index contributed by atoms with van der Waals surface area (Å²) in [7, 11) is 0. The Bertz CT molecular complexity index is 1000. The normalized spacial score (nSPS) is 24.3. The van der Waals surface area contributed by atoms with Crippen molar-refractivity contribution in [3.05, 3.63) is 60.4 Å². The molecule has 1 amide bonds. The molecular formula is C22H22N4O. The molecule has 3 heterocycles. The van der Waals surface area contributed by atoms with Crippen LogP contribution in [0.1, 0.15) is 23.2 Å². The average Bonchev–Trinajstić information content (AvgIpc) is 3.29. The lowest BCUT2D eigenvalue weighted by Crippen LogP contribution is -2.33. The predicted octanol–water partition coefficient (Wildman–Crippen LogP) is 3.11. The van der Waals surface area contributed by atoms with E-state index < -0.39 is 0 Å². The smallest absolute Gasteiger partial charge is 0.254 e. The minimum atomic E-state index is 0.0836. The molecule has 0 spiro atoms. The van der Waals surface area contributed by atoms with Crippen LogP contribution in [0.4, 0.5) is 0 Å². The van der Waals surface area contributed by atoms with Gasteiger partial charge in [-0.05, 0) is 48.9 Å². The van der Waals surface area contributed by atoms with Gasteiger partial charge in [0.15, 0.2) is 0 Å². The van der Waals surface area contributed by atoms with Gasteiger partial charge in [-0.3, -0.25) is 9.78 Å². The Balaban J connectivity index is 1.57. The number of benzene rings is 1. The summed E-state index contributed by atoms with van der Waals surface area (Å²) in [5, 5.41) is 0.900. The largest absolute Gasteiger partial charge is 0.338 e. The van der Waals surface area contributed by atoms with Crippen LogP contribution < -0.4 is 5.73 Å². The van der Waals surface area contributed by atoms with Gasteiger partial charge in [0.2, 0.25) is 0 Å². The van der Waals surface area contributed by atoms with Crippen LogP contribution in [-0.4, -0.2) is 39.9 Å². The number of fused-ring (bicyclic) bond motifs is 2. The summed E-state index contributed by atoms with van der Waals surface area (Å²) in [4.78, 5) is 24.4. The number of rotatable bonds is 2. The highest BCUT2D eigenvalue weighted by Gasteiger charge is 2.42. The molecule has 5 heteroatoms. The summed E-state index contributed by atoms with van der Waals surface area (Å²) in [6.45, 7) is 1.58. The number of hydrogen-bond donors (Lipinski definition) is 1. The first-order chi connectivity index (χ1) is 13.2. The Morgan fingerprint density at radius 1 is 1.11 bits per heavy atom. The van der Waals surface area contributed by atoms with Gasteiger partial charge in [-0.1, -0.05) is 18.2 Å². The summed E-state index contributed by atoms with van der Waals surface area (Å²) in [5.74, 6) is 1.08. The molecule has 0 radical (unpaired) electrons. The van der Waals surface area contributed by atoms with Crippen LogP contribution in [0, 0.1) is 11.8 Å². The maximum Gasteiger partial charge on any atom is 0.254 e. The number of carbonyl (C=O) groups excluding carboxylic acids is 1. The van der Waals surface area contributed by atoms with Crippen molar-refractivity contribution in [1.82, 2.24) is 14.9 Å². The molecule has 2 aromatic heterocycles. The molecule has 3 unspecified atom stereocenters. The van der Waals surface area contributed by atoms with Gasteiger partial charge < -0.3 is 10.6 Å². The molecule has 1 aliphatic carbocycles. The van der Waals surface area contributed by atoms with E-state index in [0.29, 0.717) is 17.4 Å². The Labute approximate surface area is 158 Å². The fourth-order valence-electron chi connectivity index (χ4n) is 4.66. The molecule has 5 nitrogen and oxygen atoms in total. The number of carbonyl (C=O) groups is 1. The molecule has 0 bridgehead atoms. The molecule has 5 rings (SSSR count). The molecule has 1 aliphatic heterocycles. The summed E-state index contributed by atoms with van der Waals surface area (Å²) < 4.78 is 0. The Kier molecular flexibility index (Phi) is 3.90. The first-order valence-corrected chi connectivity index (χ1v) is 9.56. The van der Waals surface area contributed by atoms with E-state index >= 15 is 0 Å². The molecule has 1 aromatic carbocycles. The van der Waals surface area contributed by atoms with Gasteiger partial charge in [-0.2, -0.15) is 0 Å². The zero-order valence-electron chi connectivity index (χ0n) is 15.1. The third kappa shape index (κ3) is 2.79. The van der Waals surface area contributed by atoms with Crippen molar-refractivity contribution in [3.63, 3.8) is 0 Å². The molecule has 2 fully saturated rings. The molecule has 2 N–H and O–H groups in total. The van der Waals surface area contributed by atoms with Crippen LogP contribution in [0.3, 0.4) is 0 Å². The van der Waals surface area contributed by atoms with Crippen molar-refractivity contribution in [3.8, 4) is 11.3 Å². The molecule has 2 aliphatic rings. The van der Waals surface area contributed by atoms with E-state index in [0.717, 1.165) is 48.1 Å². The standard InChI is InChI=1S/C22H22N4O/c23-19-8-7-15-12-26(13-18(15)19)22(27)17-10-21(14-4-3-9-24-11-14)25-20-6-2-1-5-16(17)20/h1-6,9-11,15,18-19H,7-8,12-13,23H2. The number of amides is 1. The maximum absolute atomic E-state index is 13.4. The lowest BCUT2D eigenvalue weighted by molar-refractivity contribution is 0.0781. The topological polar surface area (TPSA) is 72.1 Å². The van der Waals surface area contributed by atoms with E-state index in [1.54, 1.807) is 12.4 Å². The molecular weight excluding hydrogens is 336 g/mol. The second kappa shape index (κ2) is 6.43. The van der Waals surface area contributed by atoms with Gasteiger partial charge in [0.25, 0.3) is 5.91 Å². The van der Waals surface area contributed by atoms with E-state index in [9.17, 15) is 4.79 Å². The van der Waals surface area contributed by atoms with Crippen LogP contribution in [0.25, 0.3) is 22.2 Å². The third-order valence-corrected chi connectivity index (χ3v) is 6.10. The highest BCUT2D eigenvalue weighted by atomic mass is 16.2. The summed E-state index contributed by atoms with van der Waals surface area (Å²) >= 11 is 0. The van der Waals surface area contributed by atoms with Gasteiger partial charge in [-0.25, -0.2) is 4.98 Å². The number of hydrogen-bond acceptors (Lipinski definition) is 4. The first-order valence-electron chi connectivity index (χ1n) is 9.56. The Morgan fingerprint density at radius 2 is 2.00 bits per heavy atom. The highest BCUT2D eigenvalue weighted by molar-refractivity contribution is 6.07. The van der Waals surface area contributed by atoms with Crippen LogP contribution in [0.15, 0.2) is 54.9 Å². The van der Waals surface area contributed by atoms with Gasteiger partial charge in [0.1, 0.15) is 0 Å². The molecule has 1 saturated carbocycles. The SMILES string of the molecule is NC1CCC2CN(C(=O)c3cc(-c4cccnc4)nc4ccccc34)CC12. The lowest BCUT2D eigenvalue weighted by Gasteiger charge is -2.20. The Hall–Kier alpha value is -2.79. The molecule has 3 atom stereocenters. The Morgan fingerprint density at radius 3 is 2.81 bits per heavy atom. The van der Waals surface area contributed by atoms with Crippen LogP contribution in [0.2, 0.25) is 0 Å². The van der Waals surface area contributed by atoms with Crippen molar-refractivity contribution < 1.29 is 4.79 Å². The quantitative estimate of drug-likeness (QED) is 0.764. The lowest BCUT2D eigenvalue weighted by atomic mass is 9.98. The predicted molar refractivity (Wildman–Crippen MR) is 105 cm³/mol. The summed E-state index contributed by atoms with van der Waals surface area (Å²) in [6, 6.07) is 13.8. The van der Waals surface area contributed by atoms with Gasteiger partial charge in [-0.15, -0.1) is 0 Å². The molecule has 136 valence electrons. The second-order valence-corrected chi connectivity index (χ2v) is 7.69. The highest BCUT2D eigenvalue weighted by Crippen LogP contribution is 2.38. The van der Waals surface area contributed by atoms with Crippen LogP contribution in [-0.2, 0) is 0 Å². The van der Waals surface area contributed by atoms with Gasteiger partial charge in [0.05, 0.1) is 16.8 Å². The van der Waals surface area contributed by atoms with Crippen molar-refractivity contribution in [2.24, 2.45) is 17.6 Å². The van der Waals surface area contributed by atoms with Crippen molar-refractivity contribution in [1.29, 1.82) is 0 Å². The molecule has 3 aromatic rings. The number of para-hydroxylation sites is 1. The number of likely N-dealkylation sites (tertiary alicyclic amines) is 1.